The highest BCUT2D eigenvalue weighted by atomic mass is 14.2. The summed E-state index contributed by atoms with van der Waals surface area (Å²) in [6.07, 6.45) is 2.74. The third kappa shape index (κ3) is 8.10. The van der Waals surface area contributed by atoms with Crippen LogP contribution in [0.5, 0.6) is 0 Å². The van der Waals surface area contributed by atoms with Crippen LogP contribution in [-0.4, -0.2) is 0 Å². The Hall–Kier alpha value is 0. The molecule has 0 nitrogen and oxygen atoms in total. The lowest BCUT2D eigenvalue weighted by Crippen LogP contribution is -2.10. The molecular weight excluding hydrogens is 144 g/mol. The van der Waals surface area contributed by atoms with Gasteiger partial charge >= 0.3 is 0 Å². The zero-order chi connectivity index (χ0) is 8.15. The van der Waals surface area contributed by atoms with Crippen molar-refractivity contribution in [2.24, 2.45) is 17.8 Å². The molecule has 0 aliphatic heterocycles. The minimum Gasteiger partial charge on any atom is -0.0776 e. The number of hydrogen-bond donors (Lipinski definition) is 0. The molecule has 0 aliphatic rings. The Morgan fingerprint density at radius 1 is 0.917 bits per heavy atom. The molecule has 0 N–H and O–H groups in total. The fourth-order valence-corrected chi connectivity index (χ4v) is 1.52. The fraction of sp³-hybridized carbons (Fsp3) is 1.00. The molecule has 0 aromatic heterocycles. The quantitative estimate of drug-likeness (QED) is 0.563. The first-order chi connectivity index (χ1) is 4.57. The summed E-state index contributed by atoms with van der Waals surface area (Å²) in [5, 5.41) is 0. The van der Waals surface area contributed by atoms with Crippen LogP contribution in [0.15, 0.2) is 0 Å². The SMILES string of the molecule is C.C.CCC(CC(C)C)C(C)C. The van der Waals surface area contributed by atoms with Gasteiger partial charge in [0.1, 0.15) is 0 Å². The summed E-state index contributed by atoms with van der Waals surface area (Å²) in [6, 6.07) is 0. The van der Waals surface area contributed by atoms with E-state index in [0.29, 0.717) is 0 Å². The molecule has 0 spiro atoms. The van der Waals surface area contributed by atoms with Crippen LogP contribution >= 0.6 is 0 Å². The van der Waals surface area contributed by atoms with Crippen LogP contribution in [0.25, 0.3) is 0 Å². The maximum Gasteiger partial charge on any atom is -0.0391 e. The Labute approximate surface area is 80.8 Å². The van der Waals surface area contributed by atoms with Gasteiger partial charge in [-0.05, 0) is 24.2 Å². The van der Waals surface area contributed by atoms with Gasteiger partial charge in [-0.25, -0.2) is 0 Å². The zero-order valence-electron chi connectivity index (χ0n) is 8.15. The minimum absolute atomic E-state index is 0. The van der Waals surface area contributed by atoms with Crippen LogP contribution in [-0.2, 0) is 0 Å². The van der Waals surface area contributed by atoms with Gasteiger partial charge in [-0.1, -0.05) is 55.9 Å². The first-order valence-electron chi connectivity index (χ1n) is 4.57. The predicted molar refractivity (Wildman–Crippen MR) is 61.5 cm³/mol. The summed E-state index contributed by atoms with van der Waals surface area (Å²) in [7, 11) is 0. The van der Waals surface area contributed by atoms with E-state index in [1.807, 2.05) is 0 Å². The monoisotopic (exact) mass is 174 g/mol. The van der Waals surface area contributed by atoms with E-state index >= 15 is 0 Å². The van der Waals surface area contributed by atoms with Crippen molar-refractivity contribution in [1.82, 2.24) is 0 Å². The molecule has 78 valence electrons. The zero-order valence-corrected chi connectivity index (χ0v) is 8.15. The molecule has 0 radical (unpaired) electrons. The number of hydrogen-bond acceptors (Lipinski definition) is 0. The van der Waals surface area contributed by atoms with Gasteiger partial charge in [-0.15, -0.1) is 0 Å². The molecule has 0 amide bonds. The van der Waals surface area contributed by atoms with Crippen LogP contribution in [0, 0.1) is 17.8 Å². The standard InChI is InChI=1S/C10H22.2CH4/c1-6-10(9(4)5)7-8(2)3;;/h8-10H,6-7H2,1-5H3;2*1H4. The molecule has 0 saturated heterocycles. The second kappa shape index (κ2) is 9.09. The van der Waals surface area contributed by atoms with Gasteiger partial charge in [0.25, 0.3) is 0 Å². The predicted octanol–water partition coefficient (Wildman–Crippen LogP) is 4.99. The lowest BCUT2D eigenvalue weighted by molar-refractivity contribution is 0.308. The highest BCUT2D eigenvalue weighted by molar-refractivity contribution is 4.62. The van der Waals surface area contributed by atoms with Crippen molar-refractivity contribution in [3.8, 4) is 0 Å². The molecule has 0 saturated carbocycles. The van der Waals surface area contributed by atoms with Gasteiger partial charge < -0.3 is 0 Å². The first-order valence-corrected chi connectivity index (χ1v) is 4.57. The number of rotatable bonds is 4. The van der Waals surface area contributed by atoms with Crippen molar-refractivity contribution < 1.29 is 0 Å². The molecule has 0 fully saturated rings. The second-order valence-corrected chi connectivity index (χ2v) is 4.04. The van der Waals surface area contributed by atoms with Crippen LogP contribution in [0.4, 0.5) is 0 Å². The Bertz CT molecular complexity index is 72.1. The van der Waals surface area contributed by atoms with Crippen molar-refractivity contribution in [3.63, 3.8) is 0 Å². The lowest BCUT2D eigenvalue weighted by Gasteiger charge is -2.20. The molecule has 0 heterocycles. The lowest BCUT2D eigenvalue weighted by atomic mass is 9.86. The van der Waals surface area contributed by atoms with Crippen LogP contribution in [0.3, 0.4) is 0 Å². The highest BCUT2D eigenvalue weighted by Gasteiger charge is 2.11. The molecular formula is C12H30. The average Bonchev–Trinajstić information content (AvgIpc) is 1.81. The molecule has 0 aromatic carbocycles. The van der Waals surface area contributed by atoms with Crippen LogP contribution in [0.2, 0.25) is 0 Å². The third-order valence-electron chi connectivity index (χ3n) is 2.24. The fourth-order valence-electron chi connectivity index (χ4n) is 1.52. The minimum atomic E-state index is 0. The molecule has 0 rings (SSSR count). The van der Waals surface area contributed by atoms with Gasteiger partial charge in [0.05, 0.1) is 0 Å². The van der Waals surface area contributed by atoms with E-state index in [2.05, 4.69) is 34.6 Å². The smallest absolute Gasteiger partial charge is 0.0391 e. The van der Waals surface area contributed by atoms with E-state index in [4.69, 9.17) is 0 Å². The molecule has 12 heavy (non-hydrogen) atoms. The van der Waals surface area contributed by atoms with Gasteiger partial charge in [-0.3, -0.25) is 0 Å². The molecule has 0 aromatic rings. The summed E-state index contributed by atoms with van der Waals surface area (Å²) < 4.78 is 0. The maximum absolute atomic E-state index is 2.33. The molecule has 1 unspecified atom stereocenters. The van der Waals surface area contributed by atoms with E-state index in [9.17, 15) is 0 Å². The summed E-state index contributed by atoms with van der Waals surface area (Å²) in [4.78, 5) is 0. The summed E-state index contributed by atoms with van der Waals surface area (Å²) in [6.45, 7) is 11.6. The topological polar surface area (TPSA) is 0 Å². The average molecular weight is 174 g/mol. The van der Waals surface area contributed by atoms with E-state index < -0.39 is 0 Å². The van der Waals surface area contributed by atoms with Crippen LogP contribution < -0.4 is 0 Å². The molecule has 0 aliphatic carbocycles. The van der Waals surface area contributed by atoms with Crippen molar-refractivity contribution in [2.45, 2.75) is 62.3 Å². The Kier molecular flexibility index (Phi) is 13.6. The van der Waals surface area contributed by atoms with Gasteiger partial charge in [0, 0.05) is 0 Å². The van der Waals surface area contributed by atoms with Gasteiger partial charge in [0.2, 0.25) is 0 Å². The van der Waals surface area contributed by atoms with Crippen molar-refractivity contribution in [2.75, 3.05) is 0 Å². The summed E-state index contributed by atoms with van der Waals surface area (Å²) >= 11 is 0. The van der Waals surface area contributed by atoms with Gasteiger partial charge in [-0.2, -0.15) is 0 Å². The first kappa shape index (κ1) is 17.9. The maximum atomic E-state index is 2.33. The second-order valence-electron chi connectivity index (χ2n) is 4.04. The van der Waals surface area contributed by atoms with Crippen LogP contribution in [0.1, 0.15) is 62.3 Å². The normalized spacial score (nSPS) is 12.2. The Balaban J connectivity index is -0.000000405. The van der Waals surface area contributed by atoms with E-state index in [0.717, 1.165) is 17.8 Å². The van der Waals surface area contributed by atoms with Crippen molar-refractivity contribution in [3.05, 3.63) is 0 Å². The molecule has 0 bridgehead atoms. The highest BCUT2D eigenvalue weighted by Crippen LogP contribution is 2.22. The van der Waals surface area contributed by atoms with Crippen molar-refractivity contribution in [1.29, 1.82) is 0 Å². The largest absolute Gasteiger partial charge is 0.0776 e. The summed E-state index contributed by atoms with van der Waals surface area (Å²) in [5.41, 5.74) is 0. The van der Waals surface area contributed by atoms with Crippen molar-refractivity contribution >= 4 is 0 Å². The molecule has 1 atom stereocenters. The molecule has 0 heteroatoms. The van der Waals surface area contributed by atoms with E-state index in [-0.39, 0.29) is 14.9 Å². The Morgan fingerprint density at radius 3 is 1.42 bits per heavy atom. The summed E-state index contributed by atoms with van der Waals surface area (Å²) in [5.74, 6) is 2.68. The Morgan fingerprint density at radius 2 is 1.33 bits per heavy atom. The van der Waals surface area contributed by atoms with E-state index in [1.54, 1.807) is 0 Å². The third-order valence-corrected chi connectivity index (χ3v) is 2.24. The van der Waals surface area contributed by atoms with Gasteiger partial charge in [0.15, 0.2) is 0 Å². The van der Waals surface area contributed by atoms with E-state index in [1.165, 1.54) is 12.8 Å².